The predicted octanol–water partition coefficient (Wildman–Crippen LogP) is 2.26. The van der Waals surface area contributed by atoms with Crippen molar-refractivity contribution in [1.82, 2.24) is 19.3 Å². The van der Waals surface area contributed by atoms with Gasteiger partial charge >= 0.3 is 0 Å². The molecule has 1 N–H and O–H groups in total. The smallest absolute Gasteiger partial charge is 0.276 e. The molecule has 8 nitrogen and oxygen atoms in total. The molecule has 28 heavy (non-hydrogen) atoms. The minimum Gasteiger partial charge on any atom is -0.331 e. The zero-order valence-corrected chi connectivity index (χ0v) is 15.8. The topological polar surface area (TPSA) is 98.9 Å². The molecule has 0 aliphatic heterocycles. The third-order valence-corrected chi connectivity index (χ3v) is 4.25. The van der Waals surface area contributed by atoms with Crippen molar-refractivity contribution in [3.63, 3.8) is 0 Å². The number of ketones is 1. The Kier molecular flexibility index (Phi) is 5.78. The van der Waals surface area contributed by atoms with Crippen LogP contribution in [-0.2, 0) is 13.6 Å². The van der Waals surface area contributed by atoms with Crippen molar-refractivity contribution >= 4 is 17.4 Å². The standard InChI is InChI=1S/C20H21N5O3/c1-3-4-12-25-17(26)10-9-16(23-25)20(28)22-15-7-5-14(6-8-15)18(27)19-21-11-13-24(19)2/h5-11,13H,3-4,12H2,1-2H3,(H,22,28). The lowest BCUT2D eigenvalue weighted by atomic mass is 10.1. The van der Waals surface area contributed by atoms with Gasteiger partial charge in [0.25, 0.3) is 11.5 Å². The van der Waals surface area contributed by atoms with E-state index in [0.29, 0.717) is 23.6 Å². The number of aryl methyl sites for hydroxylation is 2. The monoisotopic (exact) mass is 379 g/mol. The van der Waals surface area contributed by atoms with E-state index in [1.165, 1.54) is 16.8 Å². The second-order valence-corrected chi connectivity index (χ2v) is 6.36. The van der Waals surface area contributed by atoms with E-state index in [1.807, 2.05) is 6.92 Å². The molecular weight excluding hydrogens is 358 g/mol. The van der Waals surface area contributed by atoms with Gasteiger partial charge in [0.1, 0.15) is 5.69 Å². The van der Waals surface area contributed by atoms with Gasteiger partial charge in [-0.2, -0.15) is 5.10 Å². The number of hydrogen-bond acceptors (Lipinski definition) is 5. The maximum atomic E-state index is 12.4. The molecule has 0 atom stereocenters. The first-order valence-corrected chi connectivity index (χ1v) is 9.01. The Hall–Kier alpha value is -3.55. The molecule has 144 valence electrons. The molecule has 2 aromatic heterocycles. The third-order valence-electron chi connectivity index (χ3n) is 4.25. The van der Waals surface area contributed by atoms with Gasteiger partial charge in [0.05, 0.1) is 0 Å². The molecule has 0 radical (unpaired) electrons. The van der Waals surface area contributed by atoms with Gasteiger partial charge in [0, 0.05) is 43.3 Å². The molecule has 1 amide bonds. The van der Waals surface area contributed by atoms with Crippen LogP contribution in [0, 0.1) is 0 Å². The van der Waals surface area contributed by atoms with Crippen LogP contribution >= 0.6 is 0 Å². The first-order valence-electron chi connectivity index (χ1n) is 9.01. The number of nitrogens with one attached hydrogen (secondary N) is 1. The summed E-state index contributed by atoms with van der Waals surface area (Å²) in [4.78, 5) is 40.7. The fourth-order valence-corrected chi connectivity index (χ4v) is 2.65. The van der Waals surface area contributed by atoms with Crippen molar-refractivity contribution < 1.29 is 9.59 Å². The summed E-state index contributed by atoms with van der Waals surface area (Å²) in [7, 11) is 1.75. The minimum atomic E-state index is -0.423. The molecule has 0 saturated carbocycles. The highest BCUT2D eigenvalue weighted by molar-refractivity contribution is 6.07. The summed E-state index contributed by atoms with van der Waals surface area (Å²) < 4.78 is 2.95. The third kappa shape index (κ3) is 4.22. The summed E-state index contributed by atoms with van der Waals surface area (Å²) in [5, 5.41) is 6.85. The Morgan fingerprint density at radius 1 is 1.11 bits per heavy atom. The molecule has 1 aromatic carbocycles. The summed E-state index contributed by atoms with van der Waals surface area (Å²) >= 11 is 0. The average molecular weight is 379 g/mol. The van der Waals surface area contributed by atoms with E-state index in [1.54, 1.807) is 48.3 Å². The van der Waals surface area contributed by atoms with Gasteiger partial charge in [-0.05, 0) is 36.8 Å². The molecule has 0 fully saturated rings. The normalized spacial score (nSPS) is 10.6. The number of carbonyl (C=O) groups excluding carboxylic acids is 2. The molecule has 0 spiro atoms. The largest absolute Gasteiger partial charge is 0.331 e. The van der Waals surface area contributed by atoms with Crippen molar-refractivity contribution in [3.8, 4) is 0 Å². The maximum absolute atomic E-state index is 12.4. The van der Waals surface area contributed by atoms with Gasteiger partial charge in [-0.15, -0.1) is 0 Å². The van der Waals surface area contributed by atoms with E-state index in [0.717, 1.165) is 12.8 Å². The summed E-state index contributed by atoms with van der Waals surface area (Å²) in [6, 6.07) is 9.28. The van der Waals surface area contributed by atoms with E-state index in [9.17, 15) is 14.4 Å². The highest BCUT2D eigenvalue weighted by Gasteiger charge is 2.14. The zero-order valence-electron chi connectivity index (χ0n) is 15.8. The number of aromatic nitrogens is 4. The van der Waals surface area contributed by atoms with Crippen LogP contribution in [0.15, 0.2) is 53.6 Å². The van der Waals surface area contributed by atoms with E-state index >= 15 is 0 Å². The maximum Gasteiger partial charge on any atom is 0.276 e. The first-order chi connectivity index (χ1) is 13.5. The van der Waals surface area contributed by atoms with Crippen LogP contribution in [0.5, 0.6) is 0 Å². The van der Waals surface area contributed by atoms with Crippen molar-refractivity contribution in [2.75, 3.05) is 5.32 Å². The summed E-state index contributed by atoms with van der Waals surface area (Å²) in [5.74, 6) is -0.279. The number of amides is 1. The highest BCUT2D eigenvalue weighted by Crippen LogP contribution is 2.13. The van der Waals surface area contributed by atoms with Gasteiger partial charge in [0.2, 0.25) is 5.78 Å². The Morgan fingerprint density at radius 3 is 2.50 bits per heavy atom. The SMILES string of the molecule is CCCCn1nc(C(=O)Nc2ccc(C(=O)c3nccn3C)cc2)ccc1=O. The van der Waals surface area contributed by atoms with Crippen molar-refractivity contribution in [3.05, 3.63) is 76.2 Å². The van der Waals surface area contributed by atoms with Crippen LogP contribution in [0.1, 0.15) is 46.4 Å². The van der Waals surface area contributed by atoms with E-state index in [2.05, 4.69) is 15.4 Å². The van der Waals surface area contributed by atoms with Gasteiger partial charge in [-0.1, -0.05) is 13.3 Å². The predicted molar refractivity (Wildman–Crippen MR) is 104 cm³/mol. The number of imidazole rings is 1. The van der Waals surface area contributed by atoms with E-state index < -0.39 is 5.91 Å². The summed E-state index contributed by atoms with van der Waals surface area (Å²) in [5.41, 5.74) is 0.916. The van der Waals surface area contributed by atoms with Crippen LogP contribution in [0.4, 0.5) is 5.69 Å². The fraction of sp³-hybridized carbons (Fsp3) is 0.250. The van der Waals surface area contributed by atoms with Gasteiger partial charge < -0.3 is 9.88 Å². The second kappa shape index (κ2) is 8.43. The second-order valence-electron chi connectivity index (χ2n) is 6.36. The average Bonchev–Trinajstić information content (AvgIpc) is 3.13. The Morgan fingerprint density at radius 2 is 1.86 bits per heavy atom. The number of carbonyl (C=O) groups is 2. The van der Waals surface area contributed by atoms with E-state index in [4.69, 9.17) is 0 Å². The van der Waals surface area contributed by atoms with Gasteiger partial charge in [0.15, 0.2) is 5.82 Å². The van der Waals surface area contributed by atoms with E-state index in [-0.39, 0.29) is 17.0 Å². The Balaban J connectivity index is 1.72. The molecule has 0 bridgehead atoms. The number of rotatable bonds is 7. The van der Waals surface area contributed by atoms with Crippen LogP contribution < -0.4 is 10.9 Å². The molecule has 2 heterocycles. The minimum absolute atomic E-state index is 0.156. The Bertz CT molecular complexity index is 1050. The van der Waals surface area contributed by atoms with Gasteiger partial charge in [-0.3, -0.25) is 14.4 Å². The lowest BCUT2D eigenvalue weighted by molar-refractivity contribution is 0.101. The van der Waals surface area contributed by atoms with Crippen LogP contribution in [0.3, 0.4) is 0 Å². The molecule has 8 heteroatoms. The molecular formula is C20H21N5O3. The quantitative estimate of drug-likeness (QED) is 0.635. The molecule has 3 aromatic rings. The summed E-state index contributed by atoms with van der Waals surface area (Å²) in [6.45, 7) is 2.49. The van der Waals surface area contributed by atoms with Crippen LogP contribution in [0.2, 0.25) is 0 Å². The van der Waals surface area contributed by atoms with Crippen molar-refractivity contribution in [2.24, 2.45) is 7.05 Å². The summed E-state index contributed by atoms with van der Waals surface area (Å²) in [6.07, 6.45) is 5.00. The zero-order chi connectivity index (χ0) is 20.1. The molecule has 0 saturated heterocycles. The lowest BCUT2D eigenvalue weighted by Gasteiger charge is -2.08. The highest BCUT2D eigenvalue weighted by atomic mass is 16.2. The Labute approximate surface area is 161 Å². The molecule has 0 aliphatic rings. The van der Waals surface area contributed by atoms with Crippen LogP contribution in [0.25, 0.3) is 0 Å². The van der Waals surface area contributed by atoms with Gasteiger partial charge in [-0.25, -0.2) is 9.67 Å². The fourth-order valence-electron chi connectivity index (χ4n) is 2.65. The number of benzene rings is 1. The number of unbranched alkanes of at least 4 members (excludes halogenated alkanes) is 1. The molecule has 0 aliphatic carbocycles. The lowest BCUT2D eigenvalue weighted by Crippen LogP contribution is -2.26. The van der Waals surface area contributed by atoms with Crippen molar-refractivity contribution in [1.29, 1.82) is 0 Å². The first kappa shape index (κ1) is 19.2. The number of nitrogens with zero attached hydrogens (tertiary/aromatic N) is 4. The molecule has 0 unspecified atom stereocenters. The molecule has 3 rings (SSSR count). The van der Waals surface area contributed by atoms with Crippen molar-refractivity contribution in [2.45, 2.75) is 26.3 Å². The number of hydrogen-bond donors (Lipinski definition) is 1. The van der Waals surface area contributed by atoms with Crippen LogP contribution in [-0.4, -0.2) is 31.0 Å². The number of anilines is 1.